The highest BCUT2D eigenvalue weighted by atomic mass is 35.5. The molecule has 4 nitrogen and oxygen atoms in total. The number of carbonyl (C=O) groups is 1. The summed E-state index contributed by atoms with van der Waals surface area (Å²) in [4.78, 5) is 16.7. The number of nitrogens with zero attached hydrogens (tertiary/aromatic N) is 2. The highest BCUT2D eigenvalue weighted by Gasteiger charge is 2.36. The molecular weight excluding hydrogens is 297 g/mol. The lowest BCUT2D eigenvalue weighted by Gasteiger charge is -2.31. The number of benzene rings is 1. The Hall–Kier alpha value is -0.810. The summed E-state index contributed by atoms with van der Waals surface area (Å²) in [6.45, 7) is 4.81. The first-order valence-corrected chi connectivity index (χ1v) is 6.67. The number of para-hydroxylation sites is 1. The summed E-state index contributed by atoms with van der Waals surface area (Å²) in [5.74, 6) is 0.267. The summed E-state index contributed by atoms with van der Waals surface area (Å²) in [6.07, 6.45) is 0.952. The van der Waals surface area contributed by atoms with Crippen LogP contribution in [0.5, 0.6) is 0 Å². The van der Waals surface area contributed by atoms with Gasteiger partial charge in [-0.2, -0.15) is 0 Å². The lowest BCUT2D eigenvalue weighted by Crippen LogP contribution is -2.51. The second-order valence-corrected chi connectivity index (χ2v) is 4.92. The van der Waals surface area contributed by atoms with Gasteiger partial charge in [-0.15, -0.1) is 24.8 Å². The predicted octanol–water partition coefficient (Wildman–Crippen LogP) is 1.54. The lowest BCUT2D eigenvalue weighted by molar-refractivity contribution is -0.121. The molecule has 1 amide bonds. The van der Waals surface area contributed by atoms with Crippen LogP contribution in [0, 0.1) is 0 Å². The predicted molar refractivity (Wildman–Crippen MR) is 86.1 cm³/mol. The van der Waals surface area contributed by atoms with Crippen molar-refractivity contribution in [3.63, 3.8) is 0 Å². The lowest BCUT2D eigenvalue weighted by atomic mass is 10.2. The third kappa shape index (κ3) is 3.44. The van der Waals surface area contributed by atoms with Gasteiger partial charge in [0.25, 0.3) is 0 Å². The van der Waals surface area contributed by atoms with Gasteiger partial charge in [0.1, 0.15) is 0 Å². The average molecular weight is 318 g/mol. The maximum absolute atomic E-state index is 12.5. The SMILES string of the molecule is Cl.Cl.O=C1[C@H](N2CCNCC2)CCN1c1ccccc1. The van der Waals surface area contributed by atoms with E-state index in [1.54, 1.807) is 0 Å². The van der Waals surface area contributed by atoms with E-state index < -0.39 is 0 Å². The van der Waals surface area contributed by atoms with Crippen LogP contribution in [-0.2, 0) is 4.79 Å². The van der Waals surface area contributed by atoms with Crippen molar-refractivity contribution in [3.8, 4) is 0 Å². The number of nitrogens with one attached hydrogen (secondary N) is 1. The highest BCUT2D eigenvalue weighted by Crippen LogP contribution is 2.24. The molecule has 20 heavy (non-hydrogen) atoms. The first-order valence-electron chi connectivity index (χ1n) is 6.67. The zero-order chi connectivity index (χ0) is 12.4. The second-order valence-electron chi connectivity index (χ2n) is 4.92. The quantitative estimate of drug-likeness (QED) is 0.898. The second kappa shape index (κ2) is 7.84. The molecule has 112 valence electrons. The number of piperazine rings is 1. The third-order valence-electron chi connectivity index (χ3n) is 3.84. The normalized spacial score (nSPS) is 23.1. The van der Waals surface area contributed by atoms with Crippen LogP contribution < -0.4 is 10.2 Å². The van der Waals surface area contributed by atoms with Crippen LogP contribution in [0.25, 0.3) is 0 Å². The topological polar surface area (TPSA) is 35.6 Å². The minimum absolute atomic E-state index is 0. The standard InChI is InChI=1S/C14H19N3O.2ClH/c18-14-13(16-10-7-15-8-11-16)6-9-17(14)12-4-2-1-3-5-12;;/h1-5,13,15H,6-11H2;2*1H/t13-;;/m1../s1. The Bertz CT molecular complexity index is 424. The van der Waals surface area contributed by atoms with E-state index >= 15 is 0 Å². The van der Waals surface area contributed by atoms with Crippen molar-refractivity contribution in [2.75, 3.05) is 37.6 Å². The van der Waals surface area contributed by atoms with E-state index in [0.717, 1.165) is 44.8 Å². The largest absolute Gasteiger partial charge is 0.314 e. The van der Waals surface area contributed by atoms with Gasteiger partial charge >= 0.3 is 0 Å². The molecule has 0 radical (unpaired) electrons. The molecule has 0 aromatic heterocycles. The first kappa shape index (κ1) is 17.2. The Morgan fingerprint density at radius 3 is 2.30 bits per heavy atom. The monoisotopic (exact) mass is 317 g/mol. The summed E-state index contributed by atoms with van der Waals surface area (Å²) in [6, 6.07) is 10.1. The molecule has 0 unspecified atom stereocenters. The Morgan fingerprint density at radius 1 is 1.00 bits per heavy atom. The molecule has 0 aliphatic carbocycles. The zero-order valence-corrected chi connectivity index (χ0v) is 13.0. The molecular formula is C14H21Cl2N3O. The third-order valence-corrected chi connectivity index (χ3v) is 3.84. The van der Waals surface area contributed by atoms with E-state index in [0.29, 0.717) is 0 Å². The van der Waals surface area contributed by atoms with E-state index in [4.69, 9.17) is 0 Å². The van der Waals surface area contributed by atoms with Crippen LogP contribution in [0.3, 0.4) is 0 Å². The molecule has 1 atom stereocenters. The molecule has 1 aromatic rings. The van der Waals surface area contributed by atoms with Crippen molar-refractivity contribution >= 4 is 36.4 Å². The van der Waals surface area contributed by atoms with Gasteiger partial charge in [-0.05, 0) is 18.6 Å². The van der Waals surface area contributed by atoms with Crippen LogP contribution in [0.2, 0.25) is 0 Å². The molecule has 1 N–H and O–H groups in total. The van der Waals surface area contributed by atoms with Crippen LogP contribution in [-0.4, -0.2) is 49.6 Å². The van der Waals surface area contributed by atoms with E-state index in [9.17, 15) is 4.79 Å². The van der Waals surface area contributed by atoms with Crippen molar-refractivity contribution in [3.05, 3.63) is 30.3 Å². The van der Waals surface area contributed by atoms with Crippen molar-refractivity contribution in [1.29, 1.82) is 0 Å². The van der Waals surface area contributed by atoms with Gasteiger partial charge in [0.05, 0.1) is 6.04 Å². The van der Waals surface area contributed by atoms with Gasteiger partial charge in [-0.3, -0.25) is 9.69 Å². The molecule has 1 aromatic carbocycles. The number of rotatable bonds is 2. The molecule has 2 fully saturated rings. The van der Waals surface area contributed by atoms with Gasteiger partial charge in [-0.1, -0.05) is 18.2 Å². The van der Waals surface area contributed by atoms with Gasteiger partial charge in [0, 0.05) is 38.4 Å². The van der Waals surface area contributed by atoms with Gasteiger partial charge in [0.15, 0.2) is 0 Å². The van der Waals surface area contributed by atoms with Gasteiger partial charge in [-0.25, -0.2) is 0 Å². The highest BCUT2D eigenvalue weighted by molar-refractivity contribution is 5.99. The molecule has 6 heteroatoms. The van der Waals surface area contributed by atoms with E-state index in [1.807, 2.05) is 35.2 Å². The molecule has 0 bridgehead atoms. The van der Waals surface area contributed by atoms with E-state index in [1.165, 1.54) is 0 Å². The van der Waals surface area contributed by atoms with Crippen LogP contribution in [0.1, 0.15) is 6.42 Å². The number of anilines is 1. The maximum atomic E-state index is 12.5. The number of carbonyl (C=O) groups excluding carboxylic acids is 1. The molecule has 2 aliphatic heterocycles. The number of hydrogen-bond acceptors (Lipinski definition) is 3. The molecule has 0 spiro atoms. The van der Waals surface area contributed by atoms with E-state index in [-0.39, 0.29) is 36.8 Å². The zero-order valence-electron chi connectivity index (χ0n) is 11.3. The maximum Gasteiger partial charge on any atom is 0.244 e. The van der Waals surface area contributed by atoms with Crippen LogP contribution >= 0.6 is 24.8 Å². The van der Waals surface area contributed by atoms with E-state index in [2.05, 4.69) is 10.2 Å². The van der Waals surface area contributed by atoms with Gasteiger partial charge < -0.3 is 10.2 Å². The summed E-state index contributed by atoms with van der Waals surface area (Å²) < 4.78 is 0. The molecule has 2 saturated heterocycles. The fourth-order valence-corrected chi connectivity index (χ4v) is 2.86. The van der Waals surface area contributed by atoms with Crippen molar-refractivity contribution in [2.24, 2.45) is 0 Å². The minimum Gasteiger partial charge on any atom is -0.314 e. The molecule has 0 saturated carbocycles. The Kier molecular flexibility index (Phi) is 6.76. The summed E-state index contributed by atoms with van der Waals surface area (Å²) >= 11 is 0. The smallest absolute Gasteiger partial charge is 0.244 e. The first-order chi connectivity index (χ1) is 8.86. The number of halogens is 2. The van der Waals surface area contributed by atoms with Crippen molar-refractivity contribution in [2.45, 2.75) is 12.5 Å². The number of amides is 1. The minimum atomic E-state index is 0. The molecule has 2 heterocycles. The molecule has 3 rings (SSSR count). The number of hydrogen-bond donors (Lipinski definition) is 1. The average Bonchev–Trinajstić information content (AvgIpc) is 2.83. The fourth-order valence-electron chi connectivity index (χ4n) is 2.86. The Balaban J connectivity index is 0.000001000. The summed E-state index contributed by atoms with van der Waals surface area (Å²) in [7, 11) is 0. The summed E-state index contributed by atoms with van der Waals surface area (Å²) in [5.41, 5.74) is 1.03. The fraction of sp³-hybridized carbons (Fsp3) is 0.500. The van der Waals surface area contributed by atoms with Crippen LogP contribution in [0.4, 0.5) is 5.69 Å². The van der Waals surface area contributed by atoms with Crippen LogP contribution in [0.15, 0.2) is 30.3 Å². The molecule has 2 aliphatic rings. The van der Waals surface area contributed by atoms with Crippen molar-refractivity contribution in [1.82, 2.24) is 10.2 Å². The Labute approximate surface area is 132 Å². The summed E-state index contributed by atoms with van der Waals surface area (Å²) in [5, 5.41) is 3.33. The Morgan fingerprint density at radius 2 is 1.65 bits per heavy atom. The van der Waals surface area contributed by atoms with Crippen molar-refractivity contribution < 1.29 is 4.79 Å². The van der Waals surface area contributed by atoms with Gasteiger partial charge in [0.2, 0.25) is 5.91 Å².